The highest BCUT2D eigenvalue weighted by Gasteiger charge is 2.40. The number of likely N-dealkylation sites (N-methyl/N-ethyl adjacent to an activating group) is 2. The Hall–Kier alpha value is -2.71. The summed E-state index contributed by atoms with van der Waals surface area (Å²) < 4.78 is 0. The van der Waals surface area contributed by atoms with Crippen LogP contribution in [0.25, 0.3) is 0 Å². The molecule has 0 bridgehead atoms. The maximum Gasteiger partial charge on any atom is 0.331 e. The second kappa shape index (κ2) is 15.5. The topological polar surface area (TPSA) is 111 Å². The minimum atomic E-state index is -1.03. The molecule has 1 aromatic rings. The molecule has 0 aliphatic rings. The van der Waals surface area contributed by atoms with E-state index in [-0.39, 0.29) is 23.9 Å². The largest absolute Gasteiger partial charge is 0.478 e. The molecule has 2 atom stereocenters. The zero-order valence-corrected chi connectivity index (χ0v) is 24.8. The van der Waals surface area contributed by atoms with Crippen LogP contribution in [0.1, 0.15) is 72.9 Å². The van der Waals surface area contributed by atoms with Crippen molar-refractivity contribution in [3.8, 4) is 0 Å². The first kappa shape index (κ1) is 34.3. The van der Waals surface area contributed by atoms with E-state index in [1.807, 2.05) is 65.9 Å². The second-order valence-corrected chi connectivity index (χ2v) is 11.1. The van der Waals surface area contributed by atoms with Crippen LogP contribution >= 0.6 is 0 Å². The molecule has 2 amide bonds. The molecule has 210 valence electrons. The molecule has 8 heteroatoms. The average Bonchev–Trinajstić information content (AvgIpc) is 2.80. The molecule has 0 aliphatic heterocycles. The molecule has 37 heavy (non-hydrogen) atoms. The van der Waals surface area contributed by atoms with E-state index in [4.69, 9.17) is 5.11 Å². The quantitative estimate of drug-likeness (QED) is 0.333. The van der Waals surface area contributed by atoms with Crippen LogP contribution in [0.3, 0.4) is 0 Å². The van der Waals surface area contributed by atoms with E-state index in [1.165, 1.54) is 24.3 Å². The van der Waals surface area contributed by atoms with Crippen LogP contribution in [0, 0.1) is 5.41 Å². The number of nitrogens with one attached hydrogen (secondary N) is 3. The summed E-state index contributed by atoms with van der Waals surface area (Å²) in [5.74, 6) is -1.58. The number of carbonyl (C=O) groups excluding carboxylic acids is 2. The molecule has 4 N–H and O–H groups in total. The summed E-state index contributed by atoms with van der Waals surface area (Å²) >= 11 is 0. The van der Waals surface area contributed by atoms with Gasteiger partial charge in [0.1, 0.15) is 6.04 Å². The normalized spacial score (nSPS) is 13.6. The van der Waals surface area contributed by atoms with Crippen molar-refractivity contribution in [3.05, 3.63) is 47.0 Å². The minimum absolute atomic E-state index is 0.138. The highest BCUT2D eigenvalue weighted by atomic mass is 16.4. The first-order valence-corrected chi connectivity index (χ1v) is 12.9. The number of benzene rings is 1. The van der Waals surface area contributed by atoms with Crippen molar-refractivity contribution in [1.82, 2.24) is 20.9 Å². The van der Waals surface area contributed by atoms with Gasteiger partial charge < -0.3 is 26.0 Å². The number of hydrogen-bond donors (Lipinski definition) is 4. The van der Waals surface area contributed by atoms with Gasteiger partial charge in [-0.15, -0.1) is 0 Å². The monoisotopic (exact) mass is 518 g/mol. The number of rotatable bonds is 11. The molecule has 0 saturated carbocycles. The summed E-state index contributed by atoms with van der Waals surface area (Å²) in [4.78, 5) is 39.2. The number of carboxylic acid groups (broad SMARTS) is 1. The molecule has 8 nitrogen and oxygen atoms in total. The van der Waals surface area contributed by atoms with Crippen LogP contribution in [0.5, 0.6) is 0 Å². The lowest BCUT2D eigenvalue weighted by atomic mass is 9.76. The number of hydrogen-bond acceptors (Lipinski definition) is 5. The fraction of sp³-hybridized carbons (Fsp3) is 0.621. The Balaban J connectivity index is 0.00000410. The molecule has 0 saturated heterocycles. The third kappa shape index (κ3) is 10.7. The van der Waals surface area contributed by atoms with Crippen molar-refractivity contribution in [3.63, 3.8) is 0 Å². The van der Waals surface area contributed by atoms with Crippen molar-refractivity contribution < 1.29 is 19.5 Å². The predicted molar refractivity (Wildman–Crippen MR) is 151 cm³/mol. The molecule has 0 aromatic heterocycles. The van der Waals surface area contributed by atoms with Crippen molar-refractivity contribution in [2.24, 2.45) is 5.41 Å². The first-order chi connectivity index (χ1) is 17.1. The molecular formula is C29H50N4O4. The zero-order chi connectivity index (χ0) is 29.0. The molecule has 0 spiro atoms. The Morgan fingerprint density at radius 2 is 1.51 bits per heavy atom. The predicted octanol–water partition coefficient (Wildman–Crippen LogP) is 3.71. The van der Waals surface area contributed by atoms with E-state index in [2.05, 4.69) is 29.8 Å². The maximum absolute atomic E-state index is 13.5. The van der Waals surface area contributed by atoms with Gasteiger partial charge in [-0.05, 0) is 37.6 Å². The standard InChI is InChI=1S/C26H42N4O4.C3H8/c1-17(24(33)34)14-15-30(9)23(32)21(25(2,3)4)29-22(31)20(28-8)26(5,6)19-12-10-18(11-13-19)16-27-7;1-3-2/h10-14,20-21,27-28H,15-16H2,1-9H3,(H,29,31)(H,33,34);3H2,1-2H3/b17-14+;. The molecule has 2 unspecified atom stereocenters. The fourth-order valence-corrected chi connectivity index (χ4v) is 3.79. The fourth-order valence-electron chi connectivity index (χ4n) is 3.79. The van der Waals surface area contributed by atoms with Gasteiger partial charge in [0.15, 0.2) is 0 Å². The third-order valence-electron chi connectivity index (χ3n) is 6.14. The Morgan fingerprint density at radius 1 is 1.00 bits per heavy atom. The number of carboxylic acids is 1. The Labute approximate surface area is 224 Å². The summed E-state index contributed by atoms with van der Waals surface area (Å²) in [5.41, 5.74) is 1.22. The second-order valence-electron chi connectivity index (χ2n) is 11.1. The number of aliphatic carboxylic acids is 1. The van der Waals surface area contributed by atoms with Crippen molar-refractivity contribution >= 4 is 17.8 Å². The smallest absolute Gasteiger partial charge is 0.331 e. The molecular weight excluding hydrogens is 468 g/mol. The van der Waals surface area contributed by atoms with Crippen molar-refractivity contribution in [2.75, 3.05) is 27.7 Å². The van der Waals surface area contributed by atoms with E-state index in [1.54, 1.807) is 14.1 Å². The van der Waals surface area contributed by atoms with Gasteiger partial charge in [0.25, 0.3) is 0 Å². The number of nitrogens with zero attached hydrogens (tertiary/aromatic N) is 1. The van der Waals surface area contributed by atoms with Crippen molar-refractivity contribution in [1.29, 1.82) is 0 Å². The Morgan fingerprint density at radius 3 is 1.92 bits per heavy atom. The third-order valence-corrected chi connectivity index (χ3v) is 6.14. The van der Waals surface area contributed by atoms with Crippen LogP contribution in [-0.4, -0.2) is 67.6 Å². The molecule has 1 rings (SSSR count). The van der Waals surface area contributed by atoms with Crippen LogP contribution in [0.4, 0.5) is 0 Å². The van der Waals surface area contributed by atoms with Gasteiger partial charge in [-0.1, -0.05) is 85.2 Å². The van der Waals surface area contributed by atoms with Gasteiger partial charge >= 0.3 is 5.97 Å². The summed E-state index contributed by atoms with van der Waals surface area (Å²) in [5, 5.41) is 18.3. The van der Waals surface area contributed by atoms with Crippen LogP contribution < -0.4 is 16.0 Å². The lowest BCUT2D eigenvalue weighted by Crippen LogP contribution is -2.60. The Bertz CT molecular complexity index is 901. The van der Waals surface area contributed by atoms with Gasteiger partial charge in [-0.3, -0.25) is 9.59 Å². The van der Waals surface area contributed by atoms with E-state index >= 15 is 0 Å². The molecule has 0 aliphatic carbocycles. The van der Waals surface area contributed by atoms with E-state index in [9.17, 15) is 14.4 Å². The summed E-state index contributed by atoms with van der Waals surface area (Å²) in [6.45, 7) is 16.3. The van der Waals surface area contributed by atoms with Crippen LogP contribution in [-0.2, 0) is 26.3 Å². The molecule has 0 radical (unpaired) electrons. The van der Waals surface area contributed by atoms with Gasteiger partial charge in [-0.25, -0.2) is 4.79 Å². The lowest BCUT2D eigenvalue weighted by molar-refractivity contribution is -0.139. The van der Waals surface area contributed by atoms with Crippen molar-refractivity contribution in [2.45, 2.75) is 85.9 Å². The van der Waals surface area contributed by atoms with Gasteiger partial charge in [0, 0.05) is 31.1 Å². The lowest BCUT2D eigenvalue weighted by Gasteiger charge is -2.38. The molecule has 1 aromatic carbocycles. The van der Waals surface area contributed by atoms with Gasteiger partial charge in [-0.2, -0.15) is 0 Å². The molecule has 0 fully saturated rings. The SMILES string of the molecule is CCC.CNCc1ccc(C(C)(C)C(NC)C(=O)NC(C(=O)N(C)C/C=C(\C)C(=O)O)C(C)(C)C)cc1. The summed E-state index contributed by atoms with van der Waals surface area (Å²) in [6, 6.07) is 6.78. The average molecular weight is 519 g/mol. The van der Waals surface area contributed by atoms with Crippen LogP contribution in [0.2, 0.25) is 0 Å². The highest BCUT2D eigenvalue weighted by Crippen LogP contribution is 2.29. The zero-order valence-electron chi connectivity index (χ0n) is 24.8. The van der Waals surface area contributed by atoms with E-state index < -0.39 is 28.9 Å². The van der Waals surface area contributed by atoms with Gasteiger partial charge in [0.05, 0.1) is 6.04 Å². The summed E-state index contributed by atoms with van der Waals surface area (Å²) in [6.07, 6.45) is 2.74. The van der Waals surface area contributed by atoms with E-state index in [0.29, 0.717) is 0 Å². The Kier molecular flexibility index (Phi) is 14.4. The van der Waals surface area contributed by atoms with Gasteiger partial charge in [0.2, 0.25) is 11.8 Å². The number of amides is 2. The highest BCUT2D eigenvalue weighted by molar-refractivity contribution is 5.91. The van der Waals surface area contributed by atoms with Crippen LogP contribution in [0.15, 0.2) is 35.9 Å². The van der Waals surface area contributed by atoms with E-state index in [0.717, 1.165) is 17.7 Å². The minimum Gasteiger partial charge on any atom is -0.478 e. The maximum atomic E-state index is 13.5. The molecule has 0 heterocycles. The first-order valence-electron chi connectivity index (χ1n) is 12.9. The summed E-state index contributed by atoms with van der Waals surface area (Å²) in [7, 11) is 5.24. The number of carbonyl (C=O) groups is 3.